The van der Waals surface area contributed by atoms with E-state index >= 15 is 0 Å². The normalized spacial score (nSPS) is 10.6. The highest BCUT2D eigenvalue weighted by molar-refractivity contribution is 14.1. The van der Waals surface area contributed by atoms with Gasteiger partial charge < -0.3 is 19.3 Å². The van der Waals surface area contributed by atoms with E-state index in [-0.39, 0.29) is 6.61 Å². The van der Waals surface area contributed by atoms with Crippen LogP contribution in [0.2, 0.25) is 0 Å². The van der Waals surface area contributed by atoms with Crippen LogP contribution in [0.5, 0.6) is 17.2 Å². The maximum Gasteiger partial charge on any atom is 0.203 e. The lowest BCUT2D eigenvalue weighted by molar-refractivity contribution is 0.282. The Morgan fingerprint density at radius 1 is 0.947 bits per heavy atom. The van der Waals surface area contributed by atoms with Crippen LogP contribution < -0.4 is 14.2 Å². The van der Waals surface area contributed by atoms with Gasteiger partial charge in [0.2, 0.25) is 5.75 Å². The minimum atomic E-state index is -0.0105. The van der Waals surface area contributed by atoms with Gasteiger partial charge >= 0.3 is 0 Å². The Balaban J connectivity index is 2.88. The van der Waals surface area contributed by atoms with Gasteiger partial charge in [0.05, 0.1) is 27.9 Å². The molecule has 0 heterocycles. The summed E-state index contributed by atoms with van der Waals surface area (Å²) in [5.74, 6) is 1.80. The number of rotatable bonds is 4. The molecule has 102 valence electrons. The highest BCUT2D eigenvalue weighted by atomic mass is 127. The summed E-state index contributed by atoms with van der Waals surface area (Å²) in [5, 5.41) is 11.2. The molecule has 0 saturated heterocycles. The van der Waals surface area contributed by atoms with Crippen molar-refractivity contribution >= 4 is 33.4 Å². The van der Waals surface area contributed by atoms with Gasteiger partial charge in [0.15, 0.2) is 11.5 Å². The van der Waals surface area contributed by atoms with E-state index in [9.17, 15) is 5.11 Å². The van der Waals surface area contributed by atoms with Crippen molar-refractivity contribution in [1.82, 2.24) is 0 Å². The molecule has 1 N–H and O–H groups in total. The third kappa shape index (κ3) is 2.44. The minimum absolute atomic E-state index is 0.0105. The third-order valence-corrected chi connectivity index (χ3v) is 3.84. The molecular formula is C14H15IO4. The summed E-state index contributed by atoms with van der Waals surface area (Å²) in [7, 11) is 4.76. The lowest BCUT2D eigenvalue weighted by Crippen LogP contribution is -1.97. The quantitative estimate of drug-likeness (QED) is 0.837. The zero-order chi connectivity index (χ0) is 14.0. The number of hydrogen-bond donors (Lipinski definition) is 1. The zero-order valence-electron chi connectivity index (χ0n) is 11.0. The molecule has 2 aromatic rings. The number of fused-ring (bicyclic) bond motifs is 1. The molecule has 0 aliphatic rings. The minimum Gasteiger partial charge on any atom is -0.493 e. The van der Waals surface area contributed by atoms with E-state index in [4.69, 9.17) is 14.2 Å². The highest BCUT2D eigenvalue weighted by Gasteiger charge is 2.17. The van der Waals surface area contributed by atoms with Gasteiger partial charge in [0, 0.05) is 14.3 Å². The summed E-state index contributed by atoms with van der Waals surface area (Å²) in [6, 6.07) is 5.76. The third-order valence-electron chi connectivity index (χ3n) is 2.95. The predicted molar refractivity (Wildman–Crippen MR) is 82.2 cm³/mol. The van der Waals surface area contributed by atoms with Crippen LogP contribution in [-0.4, -0.2) is 26.4 Å². The first-order valence-corrected chi connectivity index (χ1v) is 6.76. The number of aliphatic hydroxyl groups is 1. The van der Waals surface area contributed by atoms with Gasteiger partial charge in [-0.05, 0) is 46.4 Å². The van der Waals surface area contributed by atoms with E-state index < -0.39 is 0 Å². The summed E-state index contributed by atoms with van der Waals surface area (Å²) < 4.78 is 17.2. The second-order valence-corrected chi connectivity index (χ2v) is 5.14. The lowest BCUT2D eigenvalue weighted by Gasteiger charge is -2.16. The number of halogens is 1. The first-order chi connectivity index (χ1) is 9.15. The highest BCUT2D eigenvalue weighted by Crippen LogP contribution is 2.44. The van der Waals surface area contributed by atoms with Crippen molar-refractivity contribution in [3.63, 3.8) is 0 Å². The number of ether oxygens (including phenoxy) is 3. The van der Waals surface area contributed by atoms with E-state index in [1.807, 2.05) is 18.2 Å². The van der Waals surface area contributed by atoms with E-state index in [0.29, 0.717) is 17.2 Å². The number of hydrogen-bond acceptors (Lipinski definition) is 4. The van der Waals surface area contributed by atoms with E-state index in [1.165, 1.54) is 0 Å². The van der Waals surface area contributed by atoms with Crippen LogP contribution >= 0.6 is 22.6 Å². The fourth-order valence-corrected chi connectivity index (χ4v) is 2.92. The maximum absolute atomic E-state index is 9.31. The molecule has 0 fully saturated rings. The SMILES string of the molecule is COc1cc2c(I)cc(CO)cc2c(OC)c1OC. The van der Waals surface area contributed by atoms with Crippen LogP contribution in [0.3, 0.4) is 0 Å². The molecule has 0 amide bonds. The Bertz CT molecular complexity index is 610. The van der Waals surface area contributed by atoms with Crippen molar-refractivity contribution in [2.24, 2.45) is 0 Å². The van der Waals surface area contributed by atoms with Crippen LogP contribution in [0, 0.1) is 3.57 Å². The summed E-state index contributed by atoms with van der Waals surface area (Å²) in [6.45, 7) is -0.0105. The molecule has 0 unspecified atom stereocenters. The Morgan fingerprint density at radius 3 is 2.16 bits per heavy atom. The molecule has 19 heavy (non-hydrogen) atoms. The molecule has 0 saturated carbocycles. The van der Waals surface area contributed by atoms with Gasteiger partial charge in [-0.1, -0.05) is 0 Å². The van der Waals surface area contributed by atoms with E-state index in [1.54, 1.807) is 21.3 Å². The summed E-state index contributed by atoms with van der Waals surface area (Å²) >= 11 is 2.23. The van der Waals surface area contributed by atoms with Crippen LogP contribution in [0.25, 0.3) is 10.8 Å². The molecular weight excluding hydrogens is 359 g/mol. The summed E-state index contributed by atoms with van der Waals surface area (Å²) in [6.07, 6.45) is 0. The molecule has 0 bridgehead atoms. The lowest BCUT2D eigenvalue weighted by atomic mass is 10.0. The number of methoxy groups -OCH3 is 3. The second-order valence-electron chi connectivity index (χ2n) is 3.98. The first-order valence-electron chi connectivity index (χ1n) is 5.68. The van der Waals surface area contributed by atoms with Crippen molar-refractivity contribution < 1.29 is 19.3 Å². The first kappa shape index (κ1) is 14.2. The molecule has 0 spiro atoms. The van der Waals surface area contributed by atoms with Crippen molar-refractivity contribution in [3.05, 3.63) is 27.3 Å². The molecule has 0 radical (unpaired) electrons. The summed E-state index contributed by atoms with van der Waals surface area (Å²) in [5.41, 5.74) is 0.836. The van der Waals surface area contributed by atoms with Crippen LogP contribution in [0.1, 0.15) is 5.56 Å². The Morgan fingerprint density at radius 2 is 1.63 bits per heavy atom. The monoisotopic (exact) mass is 374 g/mol. The number of aliphatic hydroxyl groups excluding tert-OH is 1. The zero-order valence-corrected chi connectivity index (χ0v) is 13.1. The van der Waals surface area contributed by atoms with Crippen molar-refractivity contribution in [2.75, 3.05) is 21.3 Å². The van der Waals surface area contributed by atoms with Gasteiger partial charge in [-0.25, -0.2) is 0 Å². The molecule has 4 nitrogen and oxygen atoms in total. The molecule has 0 atom stereocenters. The molecule has 0 aliphatic carbocycles. The smallest absolute Gasteiger partial charge is 0.203 e. The van der Waals surface area contributed by atoms with E-state index in [0.717, 1.165) is 19.9 Å². The largest absolute Gasteiger partial charge is 0.493 e. The molecule has 0 aromatic heterocycles. The summed E-state index contributed by atoms with van der Waals surface area (Å²) in [4.78, 5) is 0. The van der Waals surface area contributed by atoms with Crippen LogP contribution in [-0.2, 0) is 6.61 Å². The van der Waals surface area contributed by atoms with Crippen molar-refractivity contribution in [1.29, 1.82) is 0 Å². The average Bonchev–Trinajstić information content (AvgIpc) is 2.44. The van der Waals surface area contributed by atoms with Gasteiger partial charge in [-0.3, -0.25) is 0 Å². The van der Waals surface area contributed by atoms with Crippen LogP contribution in [0.15, 0.2) is 18.2 Å². The standard InChI is InChI=1S/C14H15IO4/c1-17-12-6-9-10(13(18-2)14(12)19-3)4-8(7-16)5-11(9)15/h4-6,16H,7H2,1-3H3. The fraction of sp³-hybridized carbons (Fsp3) is 0.286. The van der Waals surface area contributed by atoms with Gasteiger partial charge in [0.1, 0.15) is 0 Å². The predicted octanol–water partition coefficient (Wildman–Crippen LogP) is 2.96. The van der Waals surface area contributed by atoms with Crippen LogP contribution in [0.4, 0.5) is 0 Å². The number of benzene rings is 2. The van der Waals surface area contributed by atoms with Gasteiger partial charge in [0.25, 0.3) is 0 Å². The average molecular weight is 374 g/mol. The Labute approximate surface area is 125 Å². The fourth-order valence-electron chi connectivity index (χ4n) is 2.08. The van der Waals surface area contributed by atoms with Crippen molar-refractivity contribution in [2.45, 2.75) is 6.61 Å². The maximum atomic E-state index is 9.31. The van der Waals surface area contributed by atoms with Gasteiger partial charge in [-0.2, -0.15) is 0 Å². The Hall–Kier alpha value is -1.21. The van der Waals surface area contributed by atoms with E-state index in [2.05, 4.69) is 22.6 Å². The topological polar surface area (TPSA) is 47.9 Å². The molecule has 0 aliphatic heterocycles. The molecule has 2 rings (SSSR count). The Kier molecular flexibility index (Phi) is 4.36. The molecule has 2 aromatic carbocycles. The second kappa shape index (κ2) is 5.83. The van der Waals surface area contributed by atoms with Crippen molar-refractivity contribution in [3.8, 4) is 17.2 Å². The molecule has 5 heteroatoms. The van der Waals surface area contributed by atoms with Gasteiger partial charge in [-0.15, -0.1) is 0 Å².